The normalized spacial score (nSPS) is 28.5. The number of hydrogen-bond acceptors (Lipinski definition) is 2. The molecule has 22 heavy (non-hydrogen) atoms. The Morgan fingerprint density at radius 1 is 1.00 bits per heavy atom. The van der Waals surface area contributed by atoms with Crippen molar-refractivity contribution in [2.75, 3.05) is 6.54 Å². The van der Waals surface area contributed by atoms with Gasteiger partial charge in [0, 0.05) is 31.0 Å². The highest BCUT2D eigenvalue weighted by atomic mass is 15.3. The smallest absolute Gasteiger partial charge is 0.0549 e. The molecule has 2 aliphatic rings. The minimum atomic E-state index is 0.599. The van der Waals surface area contributed by atoms with E-state index in [-0.39, 0.29) is 0 Å². The number of fused-ring (bicyclic) bond motifs is 2. The summed E-state index contributed by atoms with van der Waals surface area (Å²) in [5, 5.41) is 4.45. The number of piperidine rings is 1. The molecule has 2 fully saturated rings. The maximum Gasteiger partial charge on any atom is 0.0549 e. The average molecular weight is 293 g/mol. The molecule has 2 bridgehead atoms. The first-order chi connectivity index (χ1) is 10.9. The van der Waals surface area contributed by atoms with Crippen LogP contribution in [0.1, 0.15) is 37.3 Å². The van der Waals surface area contributed by atoms with E-state index in [0.717, 1.165) is 18.6 Å². The van der Waals surface area contributed by atoms with Gasteiger partial charge in [0.1, 0.15) is 0 Å². The molecule has 2 aromatic rings. The molecule has 4 rings (SSSR count). The van der Waals surface area contributed by atoms with Gasteiger partial charge in [-0.3, -0.25) is 9.58 Å². The lowest BCUT2D eigenvalue weighted by atomic mass is 9.97. The summed E-state index contributed by atoms with van der Waals surface area (Å²) >= 11 is 0. The van der Waals surface area contributed by atoms with E-state index in [0.29, 0.717) is 6.04 Å². The summed E-state index contributed by atoms with van der Waals surface area (Å²) in [4.78, 5) is 2.71. The van der Waals surface area contributed by atoms with Crippen molar-refractivity contribution in [3.8, 4) is 0 Å². The zero-order valence-electron chi connectivity index (χ0n) is 12.9. The Hall–Kier alpha value is -1.87. The van der Waals surface area contributed by atoms with Crippen molar-refractivity contribution in [1.82, 2.24) is 14.7 Å². The van der Waals surface area contributed by atoms with Gasteiger partial charge in [-0.05, 0) is 37.3 Å². The van der Waals surface area contributed by atoms with E-state index in [9.17, 15) is 0 Å². The fourth-order valence-electron chi connectivity index (χ4n) is 4.13. The molecule has 0 spiro atoms. The second-order valence-electron chi connectivity index (χ2n) is 6.51. The molecule has 2 aliphatic heterocycles. The SMILES string of the molecule is C(=Cc1ccccc1)CN1C2CCC1CC(n1cccn1)C2. The van der Waals surface area contributed by atoms with Crippen LogP contribution in [0.4, 0.5) is 0 Å². The van der Waals surface area contributed by atoms with Crippen molar-refractivity contribution in [1.29, 1.82) is 0 Å². The molecule has 0 radical (unpaired) electrons. The summed E-state index contributed by atoms with van der Waals surface area (Å²) in [5.41, 5.74) is 1.29. The van der Waals surface area contributed by atoms with E-state index >= 15 is 0 Å². The van der Waals surface area contributed by atoms with Crippen molar-refractivity contribution in [2.24, 2.45) is 0 Å². The van der Waals surface area contributed by atoms with E-state index in [1.165, 1.54) is 31.2 Å². The van der Waals surface area contributed by atoms with Gasteiger partial charge in [0.2, 0.25) is 0 Å². The fourth-order valence-corrected chi connectivity index (χ4v) is 4.13. The molecule has 2 saturated heterocycles. The molecule has 2 unspecified atom stereocenters. The molecular formula is C19H23N3. The second-order valence-corrected chi connectivity index (χ2v) is 6.51. The van der Waals surface area contributed by atoms with Gasteiger partial charge in [0.15, 0.2) is 0 Å². The van der Waals surface area contributed by atoms with Crippen LogP contribution in [0.15, 0.2) is 54.9 Å². The van der Waals surface area contributed by atoms with Gasteiger partial charge in [-0.1, -0.05) is 42.5 Å². The Kier molecular flexibility index (Phi) is 3.81. The third-order valence-corrected chi connectivity index (χ3v) is 5.18. The molecule has 3 heterocycles. The Bertz CT molecular complexity index is 603. The second kappa shape index (κ2) is 6.09. The molecule has 114 valence electrons. The van der Waals surface area contributed by atoms with Crippen LogP contribution in [-0.4, -0.2) is 33.3 Å². The largest absolute Gasteiger partial charge is 0.294 e. The lowest BCUT2D eigenvalue weighted by molar-refractivity contribution is 0.116. The van der Waals surface area contributed by atoms with Crippen LogP contribution < -0.4 is 0 Å². The number of rotatable bonds is 4. The van der Waals surface area contributed by atoms with Gasteiger partial charge < -0.3 is 0 Å². The van der Waals surface area contributed by atoms with Gasteiger partial charge in [0.25, 0.3) is 0 Å². The maximum absolute atomic E-state index is 4.45. The summed E-state index contributed by atoms with van der Waals surface area (Å²) in [6.07, 6.45) is 13.8. The first kappa shape index (κ1) is 13.8. The van der Waals surface area contributed by atoms with Gasteiger partial charge in [-0.2, -0.15) is 5.10 Å². The van der Waals surface area contributed by atoms with Gasteiger partial charge in [0.05, 0.1) is 6.04 Å². The van der Waals surface area contributed by atoms with E-state index in [1.807, 2.05) is 12.3 Å². The molecule has 3 nitrogen and oxygen atoms in total. The number of nitrogens with zero attached hydrogens (tertiary/aromatic N) is 3. The molecule has 0 N–H and O–H groups in total. The number of benzene rings is 1. The molecule has 0 aliphatic carbocycles. The molecular weight excluding hydrogens is 270 g/mol. The van der Waals surface area contributed by atoms with Crippen LogP contribution in [0.5, 0.6) is 0 Å². The van der Waals surface area contributed by atoms with E-state index < -0.39 is 0 Å². The third kappa shape index (κ3) is 2.73. The zero-order valence-corrected chi connectivity index (χ0v) is 12.9. The molecule has 1 aromatic heterocycles. The van der Waals surface area contributed by atoms with Crippen molar-refractivity contribution in [2.45, 2.75) is 43.8 Å². The van der Waals surface area contributed by atoms with Crippen molar-refractivity contribution >= 4 is 6.08 Å². The Balaban J connectivity index is 1.39. The number of hydrogen-bond donors (Lipinski definition) is 0. The fraction of sp³-hybridized carbons (Fsp3) is 0.421. The molecule has 0 saturated carbocycles. The van der Waals surface area contributed by atoms with Crippen LogP contribution >= 0.6 is 0 Å². The van der Waals surface area contributed by atoms with Gasteiger partial charge >= 0.3 is 0 Å². The molecule has 1 aromatic carbocycles. The molecule has 3 heteroatoms. The summed E-state index contributed by atoms with van der Waals surface area (Å²) in [6, 6.07) is 14.7. The predicted octanol–water partition coefficient (Wildman–Crippen LogP) is 3.76. The minimum absolute atomic E-state index is 0.599. The van der Waals surface area contributed by atoms with E-state index in [2.05, 4.69) is 63.4 Å². The van der Waals surface area contributed by atoms with Crippen LogP contribution in [0.2, 0.25) is 0 Å². The highest BCUT2D eigenvalue weighted by Gasteiger charge is 2.40. The first-order valence-electron chi connectivity index (χ1n) is 8.36. The van der Waals surface area contributed by atoms with Crippen molar-refractivity contribution in [3.05, 3.63) is 60.4 Å². The molecule has 0 amide bonds. The van der Waals surface area contributed by atoms with Crippen LogP contribution in [0.3, 0.4) is 0 Å². The van der Waals surface area contributed by atoms with Gasteiger partial charge in [-0.25, -0.2) is 0 Å². The van der Waals surface area contributed by atoms with Crippen LogP contribution in [0.25, 0.3) is 6.08 Å². The lowest BCUT2D eigenvalue weighted by Crippen LogP contribution is -2.43. The van der Waals surface area contributed by atoms with Crippen molar-refractivity contribution < 1.29 is 0 Å². The quantitative estimate of drug-likeness (QED) is 0.855. The maximum atomic E-state index is 4.45. The van der Waals surface area contributed by atoms with E-state index in [4.69, 9.17) is 0 Å². The highest BCUT2D eigenvalue weighted by molar-refractivity contribution is 5.48. The zero-order chi connectivity index (χ0) is 14.8. The Morgan fingerprint density at radius 3 is 2.45 bits per heavy atom. The summed E-state index contributed by atoms with van der Waals surface area (Å²) in [6.45, 7) is 1.08. The summed E-state index contributed by atoms with van der Waals surface area (Å²) < 4.78 is 2.17. The van der Waals surface area contributed by atoms with Gasteiger partial charge in [-0.15, -0.1) is 0 Å². The Labute approximate surface area is 132 Å². The standard InChI is InChI=1S/C19H23N3/c1-2-6-16(7-3-1)8-4-12-21-17-9-10-18(21)15-19(14-17)22-13-5-11-20-22/h1-8,11,13,17-19H,9-10,12,14-15H2. The van der Waals surface area contributed by atoms with Crippen LogP contribution in [-0.2, 0) is 0 Å². The summed E-state index contributed by atoms with van der Waals surface area (Å²) in [5.74, 6) is 0. The topological polar surface area (TPSA) is 21.1 Å². The highest BCUT2D eigenvalue weighted by Crippen LogP contribution is 2.40. The summed E-state index contributed by atoms with van der Waals surface area (Å²) in [7, 11) is 0. The average Bonchev–Trinajstić information content (AvgIpc) is 3.16. The molecule has 2 atom stereocenters. The Morgan fingerprint density at radius 2 is 1.77 bits per heavy atom. The third-order valence-electron chi connectivity index (χ3n) is 5.18. The van der Waals surface area contributed by atoms with Crippen LogP contribution in [0, 0.1) is 0 Å². The monoisotopic (exact) mass is 293 g/mol. The first-order valence-corrected chi connectivity index (χ1v) is 8.36. The van der Waals surface area contributed by atoms with E-state index in [1.54, 1.807) is 0 Å². The lowest BCUT2D eigenvalue weighted by Gasteiger charge is -2.38. The predicted molar refractivity (Wildman–Crippen MR) is 89.5 cm³/mol. The minimum Gasteiger partial charge on any atom is -0.294 e. The van der Waals surface area contributed by atoms with Crippen molar-refractivity contribution in [3.63, 3.8) is 0 Å². The number of aromatic nitrogens is 2.